The number of nitrogens with zero attached hydrogens (tertiary/aromatic N) is 1. The number of hydrogen-bond acceptors (Lipinski definition) is 3. The van der Waals surface area contributed by atoms with E-state index in [2.05, 4.69) is 41.7 Å². The van der Waals surface area contributed by atoms with E-state index in [0.717, 1.165) is 30.1 Å². The largest absolute Gasteiger partial charge is 0.305 e. The zero-order chi connectivity index (χ0) is 13.7. The van der Waals surface area contributed by atoms with Crippen molar-refractivity contribution >= 4 is 22.9 Å². The van der Waals surface area contributed by atoms with Crippen LogP contribution in [0.4, 0.5) is 0 Å². The molecule has 2 aromatic rings. The monoisotopic (exact) mass is 294 g/mol. The summed E-state index contributed by atoms with van der Waals surface area (Å²) in [5, 5.41) is 7.65. The molecule has 4 heteroatoms. The van der Waals surface area contributed by atoms with E-state index < -0.39 is 0 Å². The van der Waals surface area contributed by atoms with Gasteiger partial charge in [0.2, 0.25) is 0 Å². The van der Waals surface area contributed by atoms with Crippen molar-refractivity contribution < 1.29 is 0 Å². The van der Waals surface area contributed by atoms with Gasteiger partial charge in [0.1, 0.15) is 0 Å². The third-order valence-electron chi connectivity index (χ3n) is 3.02. The number of halogens is 1. The van der Waals surface area contributed by atoms with Crippen LogP contribution in [0.3, 0.4) is 0 Å². The Morgan fingerprint density at radius 1 is 1.32 bits per heavy atom. The highest BCUT2D eigenvalue weighted by Gasteiger charge is 2.06. The first kappa shape index (κ1) is 14.5. The van der Waals surface area contributed by atoms with Crippen LogP contribution >= 0.6 is 22.9 Å². The average molecular weight is 295 g/mol. The summed E-state index contributed by atoms with van der Waals surface area (Å²) >= 11 is 7.65. The van der Waals surface area contributed by atoms with Gasteiger partial charge in [-0.05, 0) is 37.5 Å². The number of nitrogens with one attached hydrogen (secondary N) is 1. The second kappa shape index (κ2) is 7.04. The number of aromatic nitrogens is 1. The van der Waals surface area contributed by atoms with Crippen molar-refractivity contribution in [2.45, 2.75) is 39.3 Å². The molecule has 0 spiro atoms. The van der Waals surface area contributed by atoms with Crippen LogP contribution in [0.1, 0.15) is 42.6 Å². The number of aryl methyl sites for hydroxylation is 1. The van der Waals surface area contributed by atoms with E-state index in [1.807, 2.05) is 12.1 Å². The average Bonchev–Trinajstić information content (AvgIpc) is 2.85. The molecule has 1 unspecified atom stereocenters. The van der Waals surface area contributed by atoms with E-state index >= 15 is 0 Å². The molecule has 2 nitrogen and oxygen atoms in total. The SMILES string of the molecule is CCCc1nc(CNC(C)c2ccc(Cl)cc2)cs1. The van der Waals surface area contributed by atoms with Crippen LogP contribution in [0, 0.1) is 0 Å². The molecule has 102 valence electrons. The van der Waals surface area contributed by atoms with Gasteiger partial charge in [0.15, 0.2) is 0 Å². The maximum Gasteiger partial charge on any atom is 0.0928 e. The highest BCUT2D eigenvalue weighted by Crippen LogP contribution is 2.17. The summed E-state index contributed by atoms with van der Waals surface area (Å²) < 4.78 is 0. The molecule has 0 amide bonds. The van der Waals surface area contributed by atoms with E-state index in [-0.39, 0.29) is 0 Å². The molecule has 1 aromatic carbocycles. The molecule has 1 aromatic heterocycles. The van der Waals surface area contributed by atoms with Crippen LogP contribution in [0.2, 0.25) is 5.02 Å². The lowest BCUT2D eigenvalue weighted by Crippen LogP contribution is -2.18. The third-order valence-corrected chi connectivity index (χ3v) is 4.23. The number of thiazole rings is 1. The zero-order valence-corrected chi connectivity index (χ0v) is 12.9. The maximum absolute atomic E-state index is 5.89. The highest BCUT2D eigenvalue weighted by molar-refractivity contribution is 7.09. The zero-order valence-electron chi connectivity index (χ0n) is 11.3. The van der Waals surface area contributed by atoms with E-state index in [1.165, 1.54) is 10.6 Å². The first-order valence-electron chi connectivity index (χ1n) is 6.61. The van der Waals surface area contributed by atoms with Gasteiger partial charge in [-0.25, -0.2) is 4.98 Å². The van der Waals surface area contributed by atoms with Gasteiger partial charge in [0.25, 0.3) is 0 Å². The molecule has 0 aliphatic carbocycles. The fraction of sp³-hybridized carbons (Fsp3) is 0.400. The molecule has 0 aliphatic heterocycles. The summed E-state index contributed by atoms with van der Waals surface area (Å²) in [4.78, 5) is 4.61. The standard InChI is InChI=1S/C15H19ClN2S/c1-3-4-15-18-14(10-19-15)9-17-11(2)12-5-7-13(16)8-6-12/h5-8,10-11,17H,3-4,9H2,1-2H3. The van der Waals surface area contributed by atoms with Crippen LogP contribution in [0.25, 0.3) is 0 Å². The molecule has 0 saturated heterocycles. The van der Waals surface area contributed by atoms with Crippen molar-refractivity contribution in [3.05, 3.63) is 50.9 Å². The lowest BCUT2D eigenvalue weighted by Gasteiger charge is -2.13. The molecule has 1 N–H and O–H groups in total. The molecular formula is C15H19ClN2S. The minimum absolute atomic E-state index is 0.300. The van der Waals surface area contributed by atoms with E-state index in [9.17, 15) is 0 Å². The Balaban J connectivity index is 1.88. The molecule has 0 saturated carbocycles. The minimum atomic E-state index is 0.300. The van der Waals surface area contributed by atoms with Crippen molar-refractivity contribution in [2.24, 2.45) is 0 Å². The summed E-state index contributed by atoms with van der Waals surface area (Å²) in [6.45, 7) is 5.15. The van der Waals surface area contributed by atoms with Crippen LogP contribution in [0.15, 0.2) is 29.6 Å². The second-order valence-electron chi connectivity index (χ2n) is 4.64. The summed E-state index contributed by atoms with van der Waals surface area (Å²) in [6, 6.07) is 8.27. The third kappa shape index (κ3) is 4.30. The van der Waals surface area contributed by atoms with Gasteiger partial charge >= 0.3 is 0 Å². The normalized spacial score (nSPS) is 12.6. The predicted molar refractivity (Wildman–Crippen MR) is 82.8 cm³/mol. The Bertz CT molecular complexity index is 507. The Kier molecular flexibility index (Phi) is 5.37. The molecule has 0 aliphatic rings. The topological polar surface area (TPSA) is 24.9 Å². The summed E-state index contributed by atoms with van der Waals surface area (Å²) in [6.07, 6.45) is 2.24. The van der Waals surface area contributed by atoms with Crippen LogP contribution in [-0.2, 0) is 13.0 Å². The first-order valence-corrected chi connectivity index (χ1v) is 7.87. The molecule has 0 radical (unpaired) electrons. The highest BCUT2D eigenvalue weighted by atomic mass is 35.5. The van der Waals surface area contributed by atoms with Crippen molar-refractivity contribution in [1.29, 1.82) is 0 Å². The summed E-state index contributed by atoms with van der Waals surface area (Å²) in [5.41, 5.74) is 2.38. The van der Waals surface area contributed by atoms with Gasteiger partial charge < -0.3 is 5.32 Å². The molecule has 2 rings (SSSR count). The van der Waals surface area contributed by atoms with Gasteiger partial charge in [-0.1, -0.05) is 30.7 Å². The molecule has 1 atom stereocenters. The van der Waals surface area contributed by atoms with Crippen LogP contribution in [-0.4, -0.2) is 4.98 Å². The molecular weight excluding hydrogens is 276 g/mol. The Labute approximate surface area is 123 Å². The van der Waals surface area contributed by atoms with E-state index in [4.69, 9.17) is 11.6 Å². The lowest BCUT2D eigenvalue weighted by molar-refractivity contribution is 0.568. The Morgan fingerprint density at radius 3 is 2.74 bits per heavy atom. The minimum Gasteiger partial charge on any atom is -0.305 e. The molecule has 0 bridgehead atoms. The fourth-order valence-corrected chi connectivity index (χ4v) is 2.91. The summed E-state index contributed by atoms with van der Waals surface area (Å²) in [5.74, 6) is 0. The fourth-order valence-electron chi connectivity index (χ4n) is 1.89. The van der Waals surface area contributed by atoms with Crippen LogP contribution < -0.4 is 5.32 Å². The van der Waals surface area contributed by atoms with E-state index in [1.54, 1.807) is 11.3 Å². The lowest BCUT2D eigenvalue weighted by atomic mass is 10.1. The summed E-state index contributed by atoms with van der Waals surface area (Å²) in [7, 11) is 0. The van der Waals surface area contributed by atoms with Crippen molar-refractivity contribution in [2.75, 3.05) is 0 Å². The van der Waals surface area contributed by atoms with Gasteiger partial charge in [-0.2, -0.15) is 0 Å². The number of benzene rings is 1. The molecule has 19 heavy (non-hydrogen) atoms. The van der Waals surface area contributed by atoms with Gasteiger partial charge in [0.05, 0.1) is 10.7 Å². The van der Waals surface area contributed by atoms with Gasteiger partial charge in [-0.3, -0.25) is 0 Å². The van der Waals surface area contributed by atoms with Gasteiger partial charge in [0, 0.05) is 23.0 Å². The predicted octanol–water partition coefficient (Wildman–Crippen LogP) is 4.60. The van der Waals surface area contributed by atoms with Crippen molar-refractivity contribution in [3.8, 4) is 0 Å². The Hall–Kier alpha value is -0.900. The van der Waals surface area contributed by atoms with Crippen molar-refractivity contribution in [1.82, 2.24) is 10.3 Å². The Morgan fingerprint density at radius 2 is 2.05 bits per heavy atom. The van der Waals surface area contributed by atoms with Gasteiger partial charge in [-0.15, -0.1) is 11.3 Å². The second-order valence-corrected chi connectivity index (χ2v) is 6.02. The molecule has 1 heterocycles. The molecule has 0 fully saturated rings. The quantitative estimate of drug-likeness (QED) is 0.842. The maximum atomic E-state index is 5.89. The first-order chi connectivity index (χ1) is 9.19. The smallest absolute Gasteiger partial charge is 0.0928 e. The number of hydrogen-bond donors (Lipinski definition) is 1. The van der Waals surface area contributed by atoms with E-state index in [0.29, 0.717) is 6.04 Å². The number of rotatable bonds is 6. The van der Waals surface area contributed by atoms with Crippen molar-refractivity contribution in [3.63, 3.8) is 0 Å². The van der Waals surface area contributed by atoms with Crippen LogP contribution in [0.5, 0.6) is 0 Å².